The van der Waals surface area contributed by atoms with Crippen molar-refractivity contribution < 1.29 is 17.9 Å². The van der Waals surface area contributed by atoms with Gasteiger partial charge in [0.2, 0.25) is 0 Å². The minimum absolute atomic E-state index is 0.142. The highest BCUT2D eigenvalue weighted by atomic mass is 35.5. The van der Waals surface area contributed by atoms with Crippen LogP contribution in [0.4, 0.5) is 13.2 Å². The van der Waals surface area contributed by atoms with Gasteiger partial charge in [-0.15, -0.1) is 11.6 Å². The number of hydrogen-bond donors (Lipinski definition) is 0. The van der Waals surface area contributed by atoms with Crippen LogP contribution in [0.1, 0.15) is 32.1 Å². The lowest BCUT2D eigenvalue weighted by Gasteiger charge is -2.34. The quantitative estimate of drug-likeness (QED) is 0.548. The molecule has 6 heteroatoms. The second kappa shape index (κ2) is 7.56. The van der Waals surface area contributed by atoms with E-state index in [2.05, 4.69) is 9.64 Å². The molecule has 1 fully saturated rings. The summed E-state index contributed by atoms with van der Waals surface area (Å²) in [7, 11) is 1.98. The van der Waals surface area contributed by atoms with Crippen molar-refractivity contribution in [1.82, 2.24) is 4.90 Å². The van der Waals surface area contributed by atoms with Gasteiger partial charge in [-0.2, -0.15) is 13.2 Å². The summed E-state index contributed by atoms with van der Waals surface area (Å²) in [6.07, 6.45) is 0.842. The lowest BCUT2D eigenvalue weighted by Crippen LogP contribution is -2.41. The van der Waals surface area contributed by atoms with Crippen LogP contribution in [-0.4, -0.2) is 49.3 Å². The lowest BCUT2D eigenvalue weighted by molar-refractivity contribution is -0.174. The highest BCUT2D eigenvalue weighted by Crippen LogP contribution is 2.26. The maximum Gasteiger partial charge on any atom is 0.411 e. The third-order valence-corrected chi connectivity index (χ3v) is 3.79. The number of nitrogens with zero attached hydrogens (tertiary/aromatic N) is 1. The van der Waals surface area contributed by atoms with Crippen LogP contribution in [0.25, 0.3) is 0 Å². The van der Waals surface area contributed by atoms with Crippen molar-refractivity contribution in [3.63, 3.8) is 0 Å². The summed E-state index contributed by atoms with van der Waals surface area (Å²) in [6, 6.07) is 0.350. The molecule has 0 heterocycles. The Morgan fingerprint density at radius 3 is 2.56 bits per heavy atom. The first-order valence-corrected chi connectivity index (χ1v) is 6.82. The zero-order valence-electron chi connectivity index (χ0n) is 10.7. The predicted molar refractivity (Wildman–Crippen MR) is 66.0 cm³/mol. The van der Waals surface area contributed by atoms with Crippen molar-refractivity contribution in [2.24, 2.45) is 0 Å². The van der Waals surface area contributed by atoms with E-state index in [4.69, 9.17) is 11.6 Å². The summed E-state index contributed by atoms with van der Waals surface area (Å²) in [5.74, 6) is 0. The molecule has 0 amide bonds. The Hall–Kier alpha value is -0.0000000000000000555. The second-order valence-corrected chi connectivity index (χ2v) is 5.43. The fourth-order valence-electron chi connectivity index (χ4n) is 2.33. The minimum atomic E-state index is -4.23. The van der Waals surface area contributed by atoms with Gasteiger partial charge in [0.25, 0.3) is 0 Å². The fourth-order valence-corrected chi connectivity index (χ4v) is 2.80. The SMILES string of the molecule is CN(CCCOCC(F)(F)F)C1CCCCC1Cl. The van der Waals surface area contributed by atoms with Crippen LogP contribution in [0, 0.1) is 0 Å². The van der Waals surface area contributed by atoms with Gasteiger partial charge < -0.3 is 9.64 Å². The number of halogens is 4. The highest BCUT2D eigenvalue weighted by molar-refractivity contribution is 6.21. The third-order valence-electron chi connectivity index (χ3n) is 3.28. The molecular formula is C12H21ClF3NO. The zero-order chi connectivity index (χ0) is 13.6. The molecule has 0 aromatic heterocycles. The smallest absolute Gasteiger partial charge is 0.372 e. The molecular weight excluding hydrogens is 267 g/mol. The molecule has 1 saturated carbocycles. The lowest BCUT2D eigenvalue weighted by atomic mass is 9.94. The Morgan fingerprint density at radius 2 is 1.94 bits per heavy atom. The van der Waals surface area contributed by atoms with Crippen molar-refractivity contribution in [2.45, 2.75) is 49.7 Å². The average molecular weight is 288 g/mol. The van der Waals surface area contributed by atoms with E-state index in [0.29, 0.717) is 12.5 Å². The van der Waals surface area contributed by atoms with Crippen LogP contribution in [0.2, 0.25) is 0 Å². The van der Waals surface area contributed by atoms with Gasteiger partial charge in [0.05, 0.1) is 0 Å². The van der Waals surface area contributed by atoms with Crippen LogP contribution in [0.15, 0.2) is 0 Å². The molecule has 0 aliphatic heterocycles. The van der Waals surface area contributed by atoms with Crippen LogP contribution >= 0.6 is 11.6 Å². The molecule has 0 bridgehead atoms. The van der Waals surface area contributed by atoms with Crippen LogP contribution in [0.3, 0.4) is 0 Å². The standard InChI is InChI=1S/C12H21ClF3NO/c1-17(11-6-3-2-5-10(11)13)7-4-8-18-9-12(14,15)16/h10-11H,2-9H2,1H3. The van der Waals surface area contributed by atoms with Gasteiger partial charge in [0, 0.05) is 24.6 Å². The zero-order valence-corrected chi connectivity index (χ0v) is 11.4. The molecule has 0 saturated heterocycles. The molecule has 0 aromatic rings. The molecule has 18 heavy (non-hydrogen) atoms. The number of alkyl halides is 4. The Bertz CT molecular complexity index is 238. The van der Waals surface area contributed by atoms with Crippen molar-refractivity contribution in [1.29, 1.82) is 0 Å². The van der Waals surface area contributed by atoms with Gasteiger partial charge >= 0.3 is 6.18 Å². The van der Waals surface area contributed by atoms with Crippen molar-refractivity contribution >= 4 is 11.6 Å². The molecule has 0 radical (unpaired) electrons. The molecule has 108 valence electrons. The van der Waals surface area contributed by atoms with Crippen LogP contribution in [0.5, 0.6) is 0 Å². The molecule has 0 spiro atoms. The summed E-state index contributed by atoms with van der Waals surface area (Å²) in [5.41, 5.74) is 0. The number of ether oxygens (including phenoxy) is 1. The van der Waals surface area contributed by atoms with Gasteiger partial charge in [0.1, 0.15) is 6.61 Å². The normalized spacial score (nSPS) is 25.7. The topological polar surface area (TPSA) is 12.5 Å². The van der Waals surface area contributed by atoms with Gasteiger partial charge in [-0.05, 0) is 26.3 Å². The summed E-state index contributed by atoms with van der Waals surface area (Å²) in [5, 5.41) is 0.167. The second-order valence-electron chi connectivity index (χ2n) is 4.87. The van der Waals surface area contributed by atoms with Crippen molar-refractivity contribution in [3.8, 4) is 0 Å². The first kappa shape index (κ1) is 16.1. The van der Waals surface area contributed by atoms with E-state index in [1.165, 1.54) is 12.8 Å². The van der Waals surface area contributed by atoms with Gasteiger partial charge in [-0.25, -0.2) is 0 Å². The van der Waals surface area contributed by atoms with Gasteiger partial charge in [0.15, 0.2) is 0 Å². The first-order chi connectivity index (χ1) is 8.40. The minimum Gasteiger partial charge on any atom is -0.372 e. The maximum absolute atomic E-state index is 11.8. The summed E-state index contributed by atoms with van der Waals surface area (Å²) in [6.45, 7) is -0.284. The van der Waals surface area contributed by atoms with E-state index in [1.54, 1.807) is 0 Å². The highest BCUT2D eigenvalue weighted by Gasteiger charge is 2.28. The Kier molecular flexibility index (Phi) is 6.74. The molecule has 2 unspecified atom stereocenters. The molecule has 2 atom stereocenters. The predicted octanol–water partition coefficient (Wildman–Crippen LogP) is 3.44. The van der Waals surface area contributed by atoms with Gasteiger partial charge in [-0.3, -0.25) is 0 Å². The molecule has 1 aliphatic rings. The Morgan fingerprint density at radius 1 is 1.28 bits per heavy atom. The first-order valence-electron chi connectivity index (χ1n) is 6.39. The number of hydrogen-bond acceptors (Lipinski definition) is 2. The largest absolute Gasteiger partial charge is 0.411 e. The Labute approximate surface area is 111 Å². The summed E-state index contributed by atoms with van der Waals surface area (Å²) < 4.78 is 40.1. The van der Waals surface area contributed by atoms with E-state index >= 15 is 0 Å². The molecule has 1 rings (SSSR count). The van der Waals surface area contributed by atoms with Crippen molar-refractivity contribution in [3.05, 3.63) is 0 Å². The Balaban J connectivity index is 2.11. The van der Waals surface area contributed by atoms with E-state index in [1.807, 2.05) is 7.05 Å². The molecule has 0 aromatic carbocycles. The molecule has 0 N–H and O–H groups in total. The van der Waals surface area contributed by atoms with E-state index in [-0.39, 0.29) is 12.0 Å². The van der Waals surface area contributed by atoms with Gasteiger partial charge in [-0.1, -0.05) is 12.8 Å². The van der Waals surface area contributed by atoms with E-state index in [9.17, 15) is 13.2 Å². The van der Waals surface area contributed by atoms with Crippen LogP contribution < -0.4 is 0 Å². The maximum atomic E-state index is 11.8. The third kappa shape index (κ3) is 6.25. The van der Waals surface area contributed by atoms with E-state index in [0.717, 1.165) is 19.4 Å². The average Bonchev–Trinajstić information content (AvgIpc) is 2.27. The van der Waals surface area contributed by atoms with Crippen LogP contribution in [-0.2, 0) is 4.74 Å². The summed E-state index contributed by atoms with van der Waals surface area (Å²) >= 11 is 6.26. The monoisotopic (exact) mass is 287 g/mol. The van der Waals surface area contributed by atoms with E-state index < -0.39 is 12.8 Å². The fraction of sp³-hybridized carbons (Fsp3) is 1.00. The van der Waals surface area contributed by atoms with Crippen molar-refractivity contribution in [2.75, 3.05) is 26.8 Å². The number of rotatable bonds is 6. The molecule has 1 aliphatic carbocycles. The molecule has 2 nitrogen and oxygen atoms in total. The summed E-state index contributed by atoms with van der Waals surface area (Å²) in [4.78, 5) is 2.15.